The van der Waals surface area contributed by atoms with E-state index in [0.29, 0.717) is 30.3 Å². The molecule has 1 aromatic carbocycles. The van der Waals surface area contributed by atoms with Gasteiger partial charge in [-0.3, -0.25) is 19.3 Å². The minimum absolute atomic E-state index is 0. The summed E-state index contributed by atoms with van der Waals surface area (Å²) >= 11 is 0. The molecule has 0 saturated carbocycles. The first kappa shape index (κ1) is 24.1. The quantitative estimate of drug-likeness (QED) is 0.607. The fourth-order valence-corrected chi connectivity index (χ4v) is 3.45. The number of aliphatic carboxylic acids is 1. The summed E-state index contributed by atoms with van der Waals surface area (Å²) in [5.74, 6) is -0.831. The molecule has 2 N–H and O–H groups in total. The van der Waals surface area contributed by atoms with E-state index in [9.17, 15) is 14.4 Å². The topological polar surface area (TPSA) is 90.0 Å². The summed E-state index contributed by atoms with van der Waals surface area (Å²) in [6.07, 6.45) is 2.26. The summed E-state index contributed by atoms with van der Waals surface area (Å²) in [4.78, 5) is 38.6. The molecule has 0 bridgehead atoms. The monoisotopic (exact) mass is 411 g/mol. The molecule has 0 spiro atoms. The number of nitrogens with one attached hydrogen (secondary N) is 1. The van der Waals surface area contributed by atoms with Gasteiger partial charge in [0.15, 0.2) is 5.78 Å². The number of likely N-dealkylation sites (tertiary alicyclic amines) is 1. The highest BCUT2D eigenvalue weighted by Crippen LogP contribution is 2.17. The van der Waals surface area contributed by atoms with Crippen LogP contribution in [-0.4, -0.2) is 71.3 Å². The predicted octanol–water partition coefficient (Wildman–Crippen LogP) is 2.51. The minimum atomic E-state index is -0.785. The third-order valence-corrected chi connectivity index (χ3v) is 5.05. The molecule has 0 aromatic heterocycles. The molecule has 8 heteroatoms. The number of rotatable bonds is 9. The van der Waals surface area contributed by atoms with Gasteiger partial charge in [0, 0.05) is 30.3 Å². The third-order valence-electron chi connectivity index (χ3n) is 5.05. The molecule has 0 atom stereocenters. The second-order valence-corrected chi connectivity index (χ2v) is 6.96. The van der Waals surface area contributed by atoms with Gasteiger partial charge in [-0.15, -0.1) is 12.4 Å². The molecule has 0 radical (unpaired) electrons. The van der Waals surface area contributed by atoms with E-state index in [4.69, 9.17) is 5.11 Å². The number of carboxylic acid groups (broad SMARTS) is 1. The summed E-state index contributed by atoms with van der Waals surface area (Å²) in [5, 5.41) is 11.8. The summed E-state index contributed by atoms with van der Waals surface area (Å²) in [6, 6.07) is 7.19. The zero-order valence-electron chi connectivity index (χ0n) is 16.5. The van der Waals surface area contributed by atoms with Crippen LogP contribution in [0.15, 0.2) is 24.3 Å². The first-order valence-electron chi connectivity index (χ1n) is 9.48. The average molecular weight is 412 g/mol. The van der Waals surface area contributed by atoms with E-state index < -0.39 is 5.97 Å². The Hall–Kier alpha value is -1.96. The first-order chi connectivity index (χ1) is 12.9. The molecule has 1 saturated heterocycles. The van der Waals surface area contributed by atoms with Crippen molar-refractivity contribution >= 4 is 35.8 Å². The Bertz CT molecular complexity index is 658. The van der Waals surface area contributed by atoms with E-state index in [1.165, 1.54) is 6.92 Å². The number of carbonyl (C=O) groups is 3. The van der Waals surface area contributed by atoms with Crippen molar-refractivity contribution in [2.75, 3.05) is 38.0 Å². The number of piperidine rings is 1. The van der Waals surface area contributed by atoms with Crippen LogP contribution in [0, 0.1) is 0 Å². The van der Waals surface area contributed by atoms with Gasteiger partial charge in [-0.25, -0.2) is 0 Å². The summed E-state index contributed by atoms with van der Waals surface area (Å²) in [5.41, 5.74) is 1.32. The number of benzene rings is 1. The Balaban J connectivity index is 0.00000392. The van der Waals surface area contributed by atoms with Crippen LogP contribution in [0.4, 0.5) is 5.69 Å². The second-order valence-electron chi connectivity index (χ2n) is 6.96. The maximum atomic E-state index is 12.1. The predicted molar refractivity (Wildman–Crippen MR) is 111 cm³/mol. The van der Waals surface area contributed by atoms with Gasteiger partial charge in [0.2, 0.25) is 5.91 Å². The highest BCUT2D eigenvalue weighted by Gasteiger charge is 2.25. The molecule has 2 rings (SSSR count). The normalized spacial score (nSPS) is 15.1. The number of ketones is 1. The van der Waals surface area contributed by atoms with Crippen molar-refractivity contribution in [1.29, 1.82) is 0 Å². The Morgan fingerprint density at radius 1 is 1.18 bits per heavy atom. The van der Waals surface area contributed by atoms with Gasteiger partial charge in [0.05, 0.1) is 6.54 Å². The molecule has 7 nitrogen and oxygen atoms in total. The number of hydrogen-bond donors (Lipinski definition) is 2. The zero-order chi connectivity index (χ0) is 19.8. The van der Waals surface area contributed by atoms with Crippen molar-refractivity contribution in [2.45, 2.75) is 39.2 Å². The number of carboxylic acids is 1. The van der Waals surface area contributed by atoms with Gasteiger partial charge in [0.1, 0.15) is 0 Å². The smallest absolute Gasteiger partial charge is 0.317 e. The van der Waals surface area contributed by atoms with E-state index in [1.807, 2.05) is 11.8 Å². The molecule has 0 aliphatic carbocycles. The first-order valence-corrected chi connectivity index (χ1v) is 9.48. The van der Waals surface area contributed by atoms with Gasteiger partial charge in [-0.05, 0) is 63.7 Å². The number of amides is 1. The van der Waals surface area contributed by atoms with Crippen LogP contribution in [0.1, 0.15) is 43.5 Å². The molecule has 1 aliphatic rings. The molecule has 1 amide bonds. The van der Waals surface area contributed by atoms with Gasteiger partial charge in [-0.2, -0.15) is 0 Å². The number of likely N-dealkylation sites (N-methyl/N-ethyl adjacent to an activating group) is 1. The molecular weight excluding hydrogens is 382 g/mol. The van der Waals surface area contributed by atoms with Crippen LogP contribution in [-0.2, 0) is 9.59 Å². The summed E-state index contributed by atoms with van der Waals surface area (Å²) in [6.45, 7) is 6.77. The highest BCUT2D eigenvalue weighted by atomic mass is 35.5. The number of Topliss-reactive ketones (excluding diaryl/α,β-unsaturated/α-hetero) is 1. The maximum absolute atomic E-state index is 12.1. The Labute approximate surface area is 172 Å². The standard InChI is InChI=1S/C20H29N3O4.ClH/c1-3-23(14-20(26)27)18-8-11-22(12-9-18)13-10-19(25)21-17-6-4-16(5-7-17)15(2)24;/h4-7,18H,3,8-14H2,1-2H3,(H,21,25)(H,26,27);1H. The van der Waals surface area contributed by atoms with Crippen LogP contribution in [0.5, 0.6) is 0 Å². The lowest BCUT2D eigenvalue weighted by Gasteiger charge is -2.37. The minimum Gasteiger partial charge on any atom is -0.480 e. The molecule has 1 heterocycles. The SMILES string of the molecule is CCN(CC(=O)O)C1CCN(CCC(=O)Nc2ccc(C(C)=O)cc2)CC1.Cl. The second kappa shape index (κ2) is 11.8. The van der Waals surface area contributed by atoms with Crippen molar-refractivity contribution in [3.05, 3.63) is 29.8 Å². The Morgan fingerprint density at radius 3 is 2.29 bits per heavy atom. The molecule has 1 aromatic rings. The van der Waals surface area contributed by atoms with E-state index in [1.54, 1.807) is 24.3 Å². The van der Waals surface area contributed by atoms with Crippen molar-refractivity contribution < 1.29 is 19.5 Å². The fourth-order valence-electron chi connectivity index (χ4n) is 3.45. The highest BCUT2D eigenvalue weighted by molar-refractivity contribution is 5.95. The molecular formula is C20H30ClN3O4. The number of carbonyl (C=O) groups excluding carboxylic acids is 2. The molecule has 156 valence electrons. The van der Waals surface area contributed by atoms with Crippen LogP contribution in [0.25, 0.3) is 0 Å². The number of nitrogens with zero attached hydrogens (tertiary/aromatic N) is 2. The van der Waals surface area contributed by atoms with Gasteiger partial charge < -0.3 is 15.3 Å². The Kier molecular flexibility index (Phi) is 10.1. The van der Waals surface area contributed by atoms with E-state index in [2.05, 4.69) is 10.2 Å². The number of anilines is 1. The van der Waals surface area contributed by atoms with Gasteiger partial charge in [0.25, 0.3) is 0 Å². The van der Waals surface area contributed by atoms with Crippen LogP contribution in [0.3, 0.4) is 0 Å². The molecule has 0 unspecified atom stereocenters. The van der Waals surface area contributed by atoms with E-state index in [-0.39, 0.29) is 30.6 Å². The maximum Gasteiger partial charge on any atom is 0.317 e. The molecule has 1 aliphatic heterocycles. The Morgan fingerprint density at radius 2 is 1.79 bits per heavy atom. The van der Waals surface area contributed by atoms with Crippen molar-refractivity contribution in [3.8, 4) is 0 Å². The van der Waals surface area contributed by atoms with Gasteiger partial charge >= 0.3 is 5.97 Å². The van der Waals surface area contributed by atoms with E-state index >= 15 is 0 Å². The number of halogens is 1. The lowest BCUT2D eigenvalue weighted by molar-refractivity contribution is -0.139. The summed E-state index contributed by atoms with van der Waals surface area (Å²) < 4.78 is 0. The summed E-state index contributed by atoms with van der Waals surface area (Å²) in [7, 11) is 0. The number of hydrogen-bond acceptors (Lipinski definition) is 5. The van der Waals surface area contributed by atoms with Crippen molar-refractivity contribution in [3.63, 3.8) is 0 Å². The lowest BCUT2D eigenvalue weighted by Crippen LogP contribution is -2.47. The molecule has 1 fully saturated rings. The van der Waals surface area contributed by atoms with Crippen molar-refractivity contribution in [1.82, 2.24) is 9.80 Å². The zero-order valence-corrected chi connectivity index (χ0v) is 17.3. The van der Waals surface area contributed by atoms with Crippen LogP contribution >= 0.6 is 12.4 Å². The third kappa shape index (κ3) is 7.58. The van der Waals surface area contributed by atoms with Crippen molar-refractivity contribution in [2.24, 2.45) is 0 Å². The van der Waals surface area contributed by atoms with E-state index in [0.717, 1.165) is 32.5 Å². The largest absolute Gasteiger partial charge is 0.480 e. The average Bonchev–Trinajstić information content (AvgIpc) is 2.65. The van der Waals surface area contributed by atoms with Crippen LogP contribution in [0.2, 0.25) is 0 Å². The lowest BCUT2D eigenvalue weighted by atomic mass is 10.0. The fraction of sp³-hybridized carbons (Fsp3) is 0.550. The molecule has 28 heavy (non-hydrogen) atoms. The van der Waals surface area contributed by atoms with Crippen LogP contribution < -0.4 is 5.32 Å². The van der Waals surface area contributed by atoms with Gasteiger partial charge in [-0.1, -0.05) is 6.92 Å².